The molecule has 3 heterocycles. The molecule has 0 amide bonds. The van der Waals surface area contributed by atoms with Crippen LogP contribution in [0.5, 0.6) is 0 Å². The number of benzene rings is 19. The monoisotopic (exact) mass is 1540 g/mol. The maximum absolute atomic E-state index is 6.32. The summed E-state index contributed by atoms with van der Waals surface area (Å²) in [5, 5.41) is 22.0. The van der Waals surface area contributed by atoms with Gasteiger partial charge in [-0.15, -0.1) is 0 Å². The van der Waals surface area contributed by atoms with Crippen molar-refractivity contribution >= 4 is 185 Å². The van der Waals surface area contributed by atoms with Crippen LogP contribution in [0, 0.1) is 0 Å². The van der Waals surface area contributed by atoms with Gasteiger partial charge in [0.15, 0.2) is 0 Å². The largest absolute Gasteiger partial charge is 0.456 e. The topological polar surface area (TPSA) is 68.7 Å². The second-order valence-electron chi connectivity index (χ2n) is 27.4. The highest BCUT2D eigenvalue weighted by molar-refractivity contribution is 9.10. The molecule has 0 bridgehead atoms. The molecule has 0 spiro atoms. The number of fused-ring (bicyclic) bond motifs is 18. The van der Waals surface area contributed by atoms with Crippen LogP contribution in [0.1, 0.15) is 11.1 Å². The van der Waals surface area contributed by atoms with Gasteiger partial charge in [-0.3, -0.25) is 0 Å². The molecule has 0 unspecified atom stereocenters. The van der Waals surface area contributed by atoms with Gasteiger partial charge < -0.3 is 23.9 Å². The van der Waals surface area contributed by atoms with E-state index in [9.17, 15) is 0 Å². The number of hydrogen-bond acceptors (Lipinski definition) is 5. The Balaban J connectivity index is 0.000000105. The Morgan fingerprint density at radius 3 is 1.11 bits per heavy atom. The maximum Gasteiger partial charge on any atom is 0.137 e. The molecule has 0 aliphatic heterocycles. The first-order chi connectivity index (χ1) is 54.3. The molecule has 22 rings (SSSR count). The van der Waals surface area contributed by atoms with Gasteiger partial charge in [0.2, 0.25) is 0 Å². The molecule has 22 aromatic rings. The summed E-state index contributed by atoms with van der Waals surface area (Å²) in [6, 6.07) is 140. The van der Waals surface area contributed by atoms with E-state index in [2.05, 4.69) is 352 Å². The van der Waals surface area contributed by atoms with Crippen molar-refractivity contribution in [3.8, 4) is 22.3 Å². The van der Waals surface area contributed by atoms with E-state index in [0.29, 0.717) is 0 Å². The van der Waals surface area contributed by atoms with Crippen molar-refractivity contribution in [2.45, 2.75) is 6.42 Å². The molecule has 0 aliphatic carbocycles. The minimum Gasteiger partial charge on any atom is -0.456 e. The standard InChI is InChI=1S/C38H25NO.C27H18O.C14H11N.C12H7BrO.C12H9Br/c1-2-10-26(11-3-1)27-18-20-29(21-19-27)39(30-22-23-35-34-16-8-9-17-37(34)40-38(35)25-30)36-24-28-12-4-5-13-31(28)32-14-6-7-15-33(32)36;1-2-8-21-19(7-1)17-20(22-9-3-4-10-23(21)22)15-18-13-14-25-24-11-5-6-12-26(24)28-27(25)16-18;15-14-9-10-5-1-2-6-11(10)12-7-3-4-8-13(12)14;13-8-5-6-10-9-3-1-2-4-11(9)14-12(10)7-8;13-12-8-6-11(7-9-12)10-4-2-1-3-5-10/h1-25H;1-14,16-17H,15H2;1-9H,15H2;1-7H;1-9H. The Morgan fingerprint density at radius 2 is 0.573 bits per heavy atom. The first-order valence-corrected chi connectivity index (χ1v) is 38.5. The first kappa shape index (κ1) is 68.5. The Labute approximate surface area is 653 Å². The summed E-state index contributed by atoms with van der Waals surface area (Å²) in [4.78, 5) is 2.36. The maximum atomic E-state index is 6.32. The number of furan rings is 3. The van der Waals surface area contributed by atoms with Crippen LogP contribution in [-0.4, -0.2) is 0 Å². The predicted octanol–water partition coefficient (Wildman–Crippen LogP) is 30.6. The Morgan fingerprint density at radius 1 is 0.227 bits per heavy atom. The zero-order valence-corrected chi connectivity index (χ0v) is 63.0. The van der Waals surface area contributed by atoms with Gasteiger partial charge in [-0.1, -0.05) is 335 Å². The van der Waals surface area contributed by atoms with Crippen LogP contribution in [0.3, 0.4) is 0 Å². The highest BCUT2D eigenvalue weighted by atomic mass is 79.9. The fraction of sp³-hybridized carbons (Fsp3) is 0.00971. The van der Waals surface area contributed by atoms with E-state index in [1.54, 1.807) is 0 Å². The summed E-state index contributed by atoms with van der Waals surface area (Å²) in [5.74, 6) is 0. The number of para-hydroxylation sites is 3. The number of nitrogen functional groups attached to an aromatic ring is 1. The minimum absolute atomic E-state index is 0.851. The third-order valence-electron chi connectivity index (χ3n) is 20.6. The van der Waals surface area contributed by atoms with Gasteiger partial charge in [-0.2, -0.15) is 0 Å². The molecule has 524 valence electrons. The molecule has 7 heteroatoms. The highest BCUT2D eigenvalue weighted by Gasteiger charge is 2.20. The smallest absolute Gasteiger partial charge is 0.137 e. The van der Waals surface area contributed by atoms with Gasteiger partial charge >= 0.3 is 0 Å². The second-order valence-corrected chi connectivity index (χ2v) is 29.3. The van der Waals surface area contributed by atoms with Crippen molar-refractivity contribution in [3.63, 3.8) is 0 Å². The zero-order chi connectivity index (χ0) is 73.9. The molecule has 0 atom stereocenters. The number of rotatable bonds is 7. The fourth-order valence-electron chi connectivity index (χ4n) is 15.4. The van der Waals surface area contributed by atoms with E-state index in [1.165, 1.54) is 114 Å². The van der Waals surface area contributed by atoms with Gasteiger partial charge in [0, 0.05) is 75.2 Å². The van der Waals surface area contributed by atoms with E-state index >= 15 is 0 Å². The number of nitrogens with zero attached hydrogens (tertiary/aromatic N) is 1. The lowest BCUT2D eigenvalue weighted by Gasteiger charge is -2.27. The van der Waals surface area contributed by atoms with Crippen molar-refractivity contribution < 1.29 is 13.3 Å². The van der Waals surface area contributed by atoms with Crippen molar-refractivity contribution in [1.82, 2.24) is 0 Å². The average Bonchev–Trinajstić information content (AvgIpc) is 1.62. The predicted molar refractivity (Wildman–Crippen MR) is 474 cm³/mol. The van der Waals surface area contributed by atoms with Crippen molar-refractivity contribution in [1.29, 1.82) is 0 Å². The molecule has 3 aromatic heterocycles. The minimum atomic E-state index is 0.851. The van der Waals surface area contributed by atoms with Crippen LogP contribution in [0.4, 0.5) is 22.7 Å². The van der Waals surface area contributed by atoms with Gasteiger partial charge in [-0.05, 0) is 185 Å². The number of nitrogens with two attached hydrogens (primary N) is 1. The summed E-state index contributed by atoms with van der Waals surface area (Å²) in [6.45, 7) is 0. The third kappa shape index (κ3) is 13.9. The molecule has 0 saturated heterocycles. The molecule has 2 N–H and O–H groups in total. The molecule has 0 saturated carbocycles. The number of halogens is 2. The first-order valence-electron chi connectivity index (χ1n) is 36.9. The Hall–Kier alpha value is -13.3. The quantitative estimate of drug-likeness (QED) is 0.127. The lowest BCUT2D eigenvalue weighted by atomic mass is 9.93. The normalized spacial score (nSPS) is 11.3. The van der Waals surface area contributed by atoms with Crippen molar-refractivity contribution in [2.75, 3.05) is 10.6 Å². The van der Waals surface area contributed by atoms with E-state index in [4.69, 9.17) is 19.0 Å². The van der Waals surface area contributed by atoms with Gasteiger partial charge in [0.25, 0.3) is 0 Å². The number of anilines is 4. The summed E-state index contributed by atoms with van der Waals surface area (Å²) >= 11 is 6.85. The average molecular weight is 1540 g/mol. The Bertz CT molecular complexity index is 7110. The SMILES string of the molecule is Brc1ccc(-c2ccccc2)cc1.Brc1ccc2c(c1)oc1ccccc12.Nc1cc2ccccc2c2ccccc12.c1ccc(-c2ccc(N(c3ccc4c(c3)oc3ccccc34)c3cc4ccccc4c4ccccc34)cc2)cc1.c1ccc2c(c1)cc(Cc1ccc3c(c1)oc1ccccc13)c1ccccc12. The van der Waals surface area contributed by atoms with E-state index in [1.807, 2.05) is 84.9 Å². The summed E-state index contributed by atoms with van der Waals surface area (Å²) in [7, 11) is 0. The van der Waals surface area contributed by atoms with Crippen molar-refractivity contribution in [3.05, 3.63) is 420 Å². The zero-order valence-electron chi connectivity index (χ0n) is 59.8. The van der Waals surface area contributed by atoms with Gasteiger partial charge in [0.1, 0.15) is 33.5 Å². The van der Waals surface area contributed by atoms with Gasteiger partial charge in [0.05, 0.1) is 5.69 Å². The van der Waals surface area contributed by atoms with Crippen LogP contribution in [0.2, 0.25) is 0 Å². The summed E-state index contributed by atoms with van der Waals surface area (Å²) < 4.78 is 20.3. The third-order valence-corrected chi connectivity index (χ3v) is 21.6. The lowest BCUT2D eigenvalue weighted by molar-refractivity contribution is 0.668. The van der Waals surface area contributed by atoms with Crippen molar-refractivity contribution in [2.24, 2.45) is 0 Å². The fourth-order valence-corrected chi connectivity index (χ4v) is 16.0. The molecular formula is C103H70Br2N2O3. The van der Waals surface area contributed by atoms with Crippen LogP contribution < -0.4 is 10.6 Å². The lowest BCUT2D eigenvalue weighted by Crippen LogP contribution is -2.10. The molecule has 0 radical (unpaired) electrons. The van der Waals surface area contributed by atoms with Gasteiger partial charge in [-0.25, -0.2) is 0 Å². The van der Waals surface area contributed by atoms with E-state index in [0.717, 1.165) is 87.8 Å². The number of hydrogen-bond donors (Lipinski definition) is 1. The molecule has 110 heavy (non-hydrogen) atoms. The second kappa shape index (κ2) is 30.5. The van der Waals surface area contributed by atoms with Crippen LogP contribution in [-0.2, 0) is 6.42 Å². The Kier molecular flexibility index (Phi) is 19.0. The van der Waals surface area contributed by atoms with Crippen LogP contribution in [0.25, 0.3) is 153 Å². The molecule has 0 aliphatic rings. The van der Waals surface area contributed by atoms with Crippen LogP contribution in [0.15, 0.2) is 423 Å². The van der Waals surface area contributed by atoms with E-state index in [-0.39, 0.29) is 0 Å². The van der Waals surface area contributed by atoms with E-state index < -0.39 is 0 Å². The molecule has 19 aromatic carbocycles. The van der Waals surface area contributed by atoms with Crippen LogP contribution >= 0.6 is 31.9 Å². The highest BCUT2D eigenvalue weighted by Crippen LogP contribution is 2.45. The molecule has 5 nitrogen and oxygen atoms in total. The molecule has 0 fully saturated rings. The summed E-state index contributed by atoms with van der Waals surface area (Å²) in [6.07, 6.45) is 0.887. The molecular weight excluding hydrogens is 1470 g/mol. The summed E-state index contributed by atoms with van der Waals surface area (Å²) in [5.41, 5.74) is 23.3.